The molecule has 1 aromatic rings. The molecule has 0 saturated carbocycles. The van der Waals surface area contributed by atoms with Crippen molar-refractivity contribution >= 4 is 27.3 Å². The van der Waals surface area contributed by atoms with E-state index in [2.05, 4.69) is 15.2 Å². The number of hydrogen-bond donors (Lipinski definition) is 2. The predicted octanol–water partition coefficient (Wildman–Crippen LogP) is -0.0671. The number of piperazine rings is 1. The molecule has 0 spiro atoms. The molecule has 8 heteroatoms. The van der Waals surface area contributed by atoms with Crippen LogP contribution in [0, 0.1) is 0 Å². The third kappa shape index (κ3) is 1.97. The van der Waals surface area contributed by atoms with Gasteiger partial charge >= 0.3 is 0 Å². The third-order valence-electron chi connectivity index (χ3n) is 3.49. The van der Waals surface area contributed by atoms with E-state index in [1.165, 1.54) is 6.07 Å². The van der Waals surface area contributed by atoms with Crippen molar-refractivity contribution in [2.45, 2.75) is 23.4 Å². The molecule has 3 heterocycles. The van der Waals surface area contributed by atoms with Gasteiger partial charge in [0.1, 0.15) is 10.0 Å². The number of sulfonamides is 1. The smallest absolute Gasteiger partial charge is 0.241 e. The Morgan fingerprint density at radius 3 is 2.89 bits per heavy atom. The van der Waals surface area contributed by atoms with Crippen LogP contribution in [-0.2, 0) is 10.0 Å². The standard InChI is InChI=1S/C10H13ClN4O2S/c11-10-9(18(12,16)17)2-8(4-14-10)15-5-6-1-7(15)3-13-6/h2,4,6-7,13H,1,3,5H2,(H2,12,16,17)/t6-,7-/m0/s1. The minimum atomic E-state index is -3.84. The van der Waals surface area contributed by atoms with Gasteiger partial charge in [0.25, 0.3) is 0 Å². The van der Waals surface area contributed by atoms with E-state index >= 15 is 0 Å². The van der Waals surface area contributed by atoms with Crippen molar-refractivity contribution in [2.24, 2.45) is 5.14 Å². The highest BCUT2D eigenvalue weighted by Crippen LogP contribution is 2.31. The molecule has 0 amide bonds. The average molecular weight is 289 g/mol. The van der Waals surface area contributed by atoms with Crippen LogP contribution in [0.2, 0.25) is 5.15 Å². The summed E-state index contributed by atoms with van der Waals surface area (Å²) < 4.78 is 22.8. The number of nitrogens with one attached hydrogen (secondary N) is 1. The quantitative estimate of drug-likeness (QED) is 0.744. The molecule has 0 aromatic carbocycles. The lowest BCUT2D eigenvalue weighted by atomic mass is 10.2. The average Bonchev–Trinajstić information content (AvgIpc) is 2.89. The maximum Gasteiger partial charge on any atom is 0.241 e. The van der Waals surface area contributed by atoms with Crippen LogP contribution in [0.15, 0.2) is 17.2 Å². The van der Waals surface area contributed by atoms with Gasteiger partial charge < -0.3 is 10.2 Å². The third-order valence-corrected chi connectivity index (χ3v) is 4.82. The zero-order valence-corrected chi connectivity index (χ0v) is 11.1. The molecule has 2 fully saturated rings. The number of nitrogens with zero attached hydrogens (tertiary/aromatic N) is 2. The van der Waals surface area contributed by atoms with E-state index in [-0.39, 0.29) is 10.0 Å². The van der Waals surface area contributed by atoms with Crippen LogP contribution < -0.4 is 15.4 Å². The number of fused-ring (bicyclic) bond motifs is 2. The number of nitrogens with two attached hydrogens (primary N) is 1. The second-order valence-electron chi connectivity index (χ2n) is 4.67. The number of rotatable bonds is 2. The summed E-state index contributed by atoms with van der Waals surface area (Å²) in [6.07, 6.45) is 2.67. The van der Waals surface area contributed by atoms with E-state index in [0.717, 1.165) is 25.2 Å². The van der Waals surface area contributed by atoms with Crippen molar-refractivity contribution in [2.75, 3.05) is 18.0 Å². The molecule has 1 aromatic heterocycles. The maximum absolute atomic E-state index is 11.4. The highest BCUT2D eigenvalue weighted by Gasteiger charge is 2.38. The molecule has 18 heavy (non-hydrogen) atoms. The van der Waals surface area contributed by atoms with E-state index in [4.69, 9.17) is 16.7 Å². The van der Waals surface area contributed by atoms with Crippen LogP contribution >= 0.6 is 11.6 Å². The molecule has 0 unspecified atom stereocenters. The number of pyridine rings is 1. The molecule has 6 nitrogen and oxygen atoms in total. The number of hydrogen-bond acceptors (Lipinski definition) is 5. The lowest BCUT2D eigenvalue weighted by Crippen LogP contribution is -2.43. The Labute approximate surface area is 110 Å². The molecule has 0 radical (unpaired) electrons. The summed E-state index contributed by atoms with van der Waals surface area (Å²) in [6, 6.07) is 2.38. The minimum absolute atomic E-state index is 0.0799. The number of halogens is 1. The highest BCUT2D eigenvalue weighted by molar-refractivity contribution is 7.89. The van der Waals surface area contributed by atoms with Crippen molar-refractivity contribution < 1.29 is 8.42 Å². The minimum Gasteiger partial charge on any atom is -0.364 e. The summed E-state index contributed by atoms with van der Waals surface area (Å²) >= 11 is 5.77. The van der Waals surface area contributed by atoms with Gasteiger partial charge in [0.15, 0.2) is 0 Å². The van der Waals surface area contributed by atoms with Crippen LogP contribution in [0.25, 0.3) is 0 Å². The first-order chi connectivity index (χ1) is 8.45. The zero-order chi connectivity index (χ0) is 12.9. The second-order valence-corrected chi connectivity index (χ2v) is 6.56. The first-order valence-electron chi connectivity index (χ1n) is 5.63. The molecule has 2 bridgehead atoms. The van der Waals surface area contributed by atoms with Crippen molar-refractivity contribution in [1.82, 2.24) is 10.3 Å². The summed E-state index contributed by atoms with van der Waals surface area (Å²) in [4.78, 5) is 5.96. The summed E-state index contributed by atoms with van der Waals surface area (Å²) in [5, 5.41) is 8.42. The Morgan fingerprint density at radius 2 is 2.33 bits per heavy atom. The van der Waals surface area contributed by atoms with Crippen LogP contribution in [-0.4, -0.2) is 38.6 Å². The molecule has 0 aliphatic carbocycles. The van der Waals surface area contributed by atoms with Gasteiger partial charge in [0.05, 0.1) is 11.9 Å². The molecular formula is C10H13ClN4O2S. The predicted molar refractivity (Wildman–Crippen MR) is 68.2 cm³/mol. The van der Waals surface area contributed by atoms with E-state index < -0.39 is 10.0 Å². The Morgan fingerprint density at radius 1 is 1.56 bits per heavy atom. The van der Waals surface area contributed by atoms with Gasteiger partial charge in [-0.15, -0.1) is 0 Å². The number of primary sulfonamides is 1. The van der Waals surface area contributed by atoms with Crippen LogP contribution in [0.4, 0.5) is 5.69 Å². The Kier molecular flexibility index (Phi) is 2.74. The molecule has 3 rings (SSSR count). The van der Waals surface area contributed by atoms with Gasteiger partial charge in [-0.25, -0.2) is 18.5 Å². The maximum atomic E-state index is 11.4. The van der Waals surface area contributed by atoms with Gasteiger partial charge in [0.2, 0.25) is 10.0 Å². The van der Waals surface area contributed by atoms with Crippen LogP contribution in [0.5, 0.6) is 0 Å². The lowest BCUT2D eigenvalue weighted by molar-refractivity contribution is 0.578. The van der Waals surface area contributed by atoms with Gasteiger partial charge in [0, 0.05) is 25.2 Å². The Bertz CT molecular complexity index is 592. The summed E-state index contributed by atoms with van der Waals surface area (Å²) in [7, 11) is -3.84. The fourth-order valence-corrected chi connectivity index (χ4v) is 3.65. The molecular weight excluding hydrogens is 276 g/mol. The monoisotopic (exact) mass is 288 g/mol. The van der Waals surface area contributed by atoms with E-state index in [1.807, 2.05) is 0 Å². The molecule has 2 saturated heterocycles. The van der Waals surface area contributed by atoms with Gasteiger partial charge in [-0.05, 0) is 12.5 Å². The summed E-state index contributed by atoms with van der Waals surface area (Å²) in [6.45, 7) is 1.77. The van der Waals surface area contributed by atoms with Crippen LogP contribution in [0.1, 0.15) is 6.42 Å². The Balaban J connectivity index is 1.99. The van der Waals surface area contributed by atoms with Gasteiger partial charge in [-0.3, -0.25) is 0 Å². The van der Waals surface area contributed by atoms with Crippen molar-refractivity contribution in [1.29, 1.82) is 0 Å². The van der Waals surface area contributed by atoms with Crippen molar-refractivity contribution in [3.05, 3.63) is 17.4 Å². The number of aromatic nitrogens is 1. The fourth-order valence-electron chi connectivity index (χ4n) is 2.65. The zero-order valence-electron chi connectivity index (χ0n) is 9.51. The summed E-state index contributed by atoms with van der Waals surface area (Å²) in [5.74, 6) is 0. The van der Waals surface area contributed by atoms with E-state index in [9.17, 15) is 8.42 Å². The first kappa shape index (κ1) is 12.2. The van der Waals surface area contributed by atoms with Gasteiger partial charge in [-0.2, -0.15) is 0 Å². The topological polar surface area (TPSA) is 88.3 Å². The largest absolute Gasteiger partial charge is 0.364 e. The number of anilines is 1. The van der Waals surface area contributed by atoms with Gasteiger partial charge in [-0.1, -0.05) is 11.6 Å². The molecule has 2 aliphatic rings. The second kappa shape index (κ2) is 4.06. The van der Waals surface area contributed by atoms with Crippen molar-refractivity contribution in [3.8, 4) is 0 Å². The first-order valence-corrected chi connectivity index (χ1v) is 7.56. The molecule has 2 aliphatic heterocycles. The normalized spacial score (nSPS) is 26.9. The van der Waals surface area contributed by atoms with E-state index in [0.29, 0.717) is 12.1 Å². The molecule has 2 atom stereocenters. The Hall–Kier alpha value is -0.890. The fraction of sp³-hybridized carbons (Fsp3) is 0.500. The van der Waals surface area contributed by atoms with Crippen molar-refractivity contribution in [3.63, 3.8) is 0 Å². The highest BCUT2D eigenvalue weighted by atomic mass is 35.5. The SMILES string of the molecule is NS(=O)(=O)c1cc(N2C[C@@H]3C[C@H]2CN3)cnc1Cl. The van der Waals surface area contributed by atoms with E-state index in [1.54, 1.807) is 6.20 Å². The molecule has 3 N–H and O–H groups in total. The lowest BCUT2D eigenvalue weighted by Gasteiger charge is -2.29. The molecule has 98 valence electrons. The summed E-state index contributed by atoms with van der Waals surface area (Å²) in [5.41, 5.74) is 0.762. The van der Waals surface area contributed by atoms with Crippen LogP contribution in [0.3, 0.4) is 0 Å².